The Bertz CT molecular complexity index is 808. The zero-order chi connectivity index (χ0) is 14.7. The molecule has 0 aromatic carbocycles. The molecular formula is C15H15N5S. The topological polar surface area (TPSA) is 80.5 Å². The second kappa shape index (κ2) is 5.94. The van der Waals surface area contributed by atoms with Gasteiger partial charge in [0.05, 0.1) is 4.88 Å². The summed E-state index contributed by atoms with van der Waals surface area (Å²) in [6.45, 7) is 2.14. The van der Waals surface area contributed by atoms with Crippen LogP contribution in [0.4, 0.5) is 5.82 Å². The Kier molecular flexibility index (Phi) is 3.84. The van der Waals surface area contributed by atoms with Gasteiger partial charge >= 0.3 is 0 Å². The first-order valence-corrected chi connectivity index (χ1v) is 7.72. The Balaban J connectivity index is 1.97. The molecule has 0 unspecified atom stereocenters. The minimum Gasteiger partial charge on any atom is -0.382 e. The highest BCUT2D eigenvalue weighted by Crippen LogP contribution is 2.24. The van der Waals surface area contributed by atoms with Crippen molar-refractivity contribution in [3.63, 3.8) is 0 Å². The van der Waals surface area contributed by atoms with Crippen LogP contribution in [0.2, 0.25) is 0 Å². The van der Waals surface area contributed by atoms with Crippen molar-refractivity contribution >= 4 is 28.3 Å². The summed E-state index contributed by atoms with van der Waals surface area (Å²) in [6.07, 6.45) is 3.10. The molecule has 0 aliphatic carbocycles. The molecule has 0 amide bonds. The van der Waals surface area contributed by atoms with Gasteiger partial charge in [0.25, 0.3) is 0 Å². The van der Waals surface area contributed by atoms with Crippen LogP contribution in [0, 0.1) is 11.8 Å². The van der Waals surface area contributed by atoms with Crippen LogP contribution in [0.15, 0.2) is 17.5 Å². The molecule has 106 valence electrons. The molecule has 6 heteroatoms. The molecule has 0 saturated carbocycles. The van der Waals surface area contributed by atoms with E-state index in [-0.39, 0.29) is 0 Å². The number of fused-ring (bicyclic) bond motifs is 1. The smallest absolute Gasteiger partial charge is 0.185 e. The number of nitrogens with zero attached hydrogens (tertiary/aromatic N) is 3. The number of nitrogen functional groups attached to an aromatic ring is 1. The number of H-pyrrole nitrogens is 1. The molecule has 0 aliphatic rings. The van der Waals surface area contributed by atoms with Gasteiger partial charge in [-0.3, -0.25) is 0 Å². The normalized spacial score (nSPS) is 10.5. The lowest BCUT2D eigenvalue weighted by atomic mass is 10.2. The lowest BCUT2D eigenvalue weighted by molar-refractivity contribution is 0.828. The van der Waals surface area contributed by atoms with E-state index < -0.39 is 0 Å². The fourth-order valence-electron chi connectivity index (χ4n) is 1.91. The van der Waals surface area contributed by atoms with E-state index in [4.69, 9.17) is 5.73 Å². The van der Waals surface area contributed by atoms with Crippen molar-refractivity contribution in [3.8, 4) is 22.5 Å². The fourth-order valence-corrected chi connectivity index (χ4v) is 2.57. The first-order valence-electron chi connectivity index (χ1n) is 6.84. The lowest BCUT2D eigenvalue weighted by Crippen LogP contribution is -1.96. The number of imidazole rings is 1. The predicted molar refractivity (Wildman–Crippen MR) is 85.8 cm³/mol. The number of nitrogens with two attached hydrogens (primary N) is 1. The Morgan fingerprint density at radius 3 is 3.00 bits per heavy atom. The molecule has 0 saturated heterocycles. The number of aromatic nitrogens is 4. The summed E-state index contributed by atoms with van der Waals surface area (Å²) in [7, 11) is 0. The van der Waals surface area contributed by atoms with Gasteiger partial charge in [0, 0.05) is 6.42 Å². The van der Waals surface area contributed by atoms with Crippen LogP contribution < -0.4 is 5.73 Å². The van der Waals surface area contributed by atoms with Crippen LogP contribution in [0.5, 0.6) is 0 Å². The van der Waals surface area contributed by atoms with Crippen LogP contribution in [0.1, 0.15) is 32.0 Å². The Labute approximate surface area is 126 Å². The van der Waals surface area contributed by atoms with Crippen molar-refractivity contribution in [1.82, 2.24) is 19.9 Å². The number of unbranched alkanes of at least 4 members (excludes halogenated alkanes) is 2. The number of anilines is 1. The summed E-state index contributed by atoms with van der Waals surface area (Å²) < 4.78 is 0. The molecule has 21 heavy (non-hydrogen) atoms. The predicted octanol–water partition coefficient (Wildman–Crippen LogP) is 3.21. The Morgan fingerprint density at radius 2 is 2.24 bits per heavy atom. The van der Waals surface area contributed by atoms with Crippen molar-refractivity contribution in [2.45, 2.75) is 26.2 Å². The van der Waals surface area contributed by atoms with Gasteiger partial charge < -0.3 is 10.7 Å². The van der Waals surface area contributed by atoms with E-state index >= 15 is 0 Å². The maximum atomic E-state index is 5.98. The highest BCUT2D eigenvalue weighted by atomic mass is 32.1. The quantitative estimate of drug-likeness (QED) is 0.574. The van der Waals surface area contributed by atoms with Crippen LogP contribution >= 0.6 is 11.3 Å². The molecule has 0 spiro atoms. The van der Waals surface area contributed by atoms with Crippen molar-refractivity contribution in [2.24, 2.45) is 0 Å². The Hall–Kier alpha value is -2.39. The average molecular weight is 297 g/mol. The van der Waals surface area contributed by atoms with E-state index in [1.54, 1.807) is 11.3 Å². The van der Waals surface area contributed by atoms with E-state index in [1.807, 2.05) is 17.5 Å². The van der Waals surface area contributed by atoms with Crippen molar-refractivity contribution in [2.75, 3.05) is 5.73 Å². The standard InChI is InChI=1S/C15H15N5S/c1-2-3-4-5-8-11-17-12-13(16)19-14(20-15(12)18-11)10-7-6-9-21-10/h6-7,9H,2-4H2,1H3,(H3,16,17,18,19,20). The summed E-state index contributed by atoms with van der Waals surface area (Å²) in [5.74, 6) is 7.69. The van der Waals surface area contributed by atoms with Gasteiger partial charge in [0.2, 0.25) is 0 Å². The number of thiophene rings is 1. The van der Waals surface area contributed by atoms with E-state index in [0.29, 0.717) is 28.6 Å². The summed E-state index contributed by atoms with van der Waals surface area (Å²) in [5.41, 5.74) is 7.18. The van der Waals surface area contributed by atoms with Crippen LogP contribution in [0.25, 0.3) is 21.9 Å². The molecule has 0 atom stereocenters. The van der Waals surface area contributed by atoms with E-state index in [9.17, 15) is 0 Å². The monoisotopic (exact) mass is 297 g/mol. The molecule has 0 fully saturated rings. The summed E-state index contributed by atoms with van der Waals surface area (Å²) in [5, 5.41) is 1.98. The molecule has 3 N–H and O–H groups in total. The van der Waals surface area contributed by atoms with Crippen LogP contribution in [-0.2, 0) is 0 Å². The first-order chi connectivity index (χ1) is 10.3. The Morgan fingerprint density at radius 1 is 1.33 bits per heavy atom. The molecular weight excluding hydrogens is 282 g/mol. The molecule has 3 aromatic heterocycles. The maximum absolute atomic E-state index is 5.98. The molecule has 0 bridgehead atoms. The van der Waals surface area contributed by atoms with Gasteiger partial charge in [-0.1, -0.05) is 25.3 Å². The SMILES string of the molecule is CCCCC#Cc1nc2c(N)nc(-c3cccs3)nc2[nH]1. The molecule has 3 heterocycles. The van der Waals surface area contributed by atoms with Crippen molar-refractivity contribution in [3.05, 3.63) is 23.3 Å². The fraction of sp³-hybridized carbons (Fsp3) is 0.267. The van der Waals surface area contributed by atoms with Gasteiger partial charge in [0.1, 0.15) is 0 Å². The van der Waals surface area contributed by atoms with Gasteiger partial charge in [-0.15, -0.1) is 11.3 Å². The van der Waals surface area contributed by atoms with Crippen LogP contribution in [0.3, 0.4) is 0 Å². The second-order valence-electron chi connectivity index (χ2n) is 4.60. The summed E-state index contributed by atoms with van der Waals surface area (Å²) in [4.78, 5) is 17.2. The average Bonchev–Trinajstić information content (AvgIpc) is 3.12. The highest BCUT2D eigenvalue weighted by molar-refractivity contribution is 7.13. The zero-order valence-electron chi connectivity index (χ0n) is 11.7. The minimum atomic E-state index is 0.376. The van der Waals surface area contributed by atoms with Crippen LogP contribution in [-0.4, -0.2) is 19.9 Å². The third-order valence-corrected chi connectivity index (χ3v) is 3.84. The number of rotatable bonds is 3. The highest BCUT2D eigenvalue weighted by Gasteiger charge is 2.11. The number of hydrogen-bond donors (Lipinski definition) is 2. The third-order valence-electron chi connectivity index (χ3n) is 2.98. The number of hydrogen-bond acceptors (Lipinski definition) is 5. The van der Waals surface area contributed by atoms with E-state index in [0.717, 1.165) is 24.1 Å². The number of nitrogens with one attached hydrogen (secondary N) is 1. The van der Waals surface area contributed by atoms with Crippen molar-refractivity contribution in [1.29, 1.82) is 0 Å². The van der Waals surface area contributed by atoms with Gasteiger partial charge in [-0.25, -0.2) is 15.0 Å². The van der Waals surface area contributed by atoms with E-state index in [1.165, 1.54) is 0 Å². The summed E-state index contributed by atoms with van der Waals surface area (Å²) >= 11 is 1.58. The third kappa shape index (κ3) is 2.88. The van der Waals surface area contributed by atoms with Gasteiger partial charge in [-0.05, 0) is 23.8 Å². The molecule has 3 aromatic rings. The minimum absolute atomic E-state index is 0.376. The maximum Gasteiger partial charge on any atom is 0.185 e. The molecule has 0 aliphatic heterocycles. The van der Waals surface area contributed by atoms with E-state index in [2.05, 4.69) is 38.7 Å². The van der Waals surface area contributed by atoms with Crippen molar-refractivity contribution < 1.29 is 0 Å². The molecule has 0 radical (unpaired) electrons. The number of aromatic amines is 1. The van der Waals surface area contributed by atoms with Gasteiger partial charge in [0.15, 0.2) is 28.6 Å². The van der Waals surface area contributed by atoms with Gasteiger partial charge in [-0.2, -0.15) is 0 Å². The molecule has 5 nitrogen and oxygen atoms in total. The molecule has 3 rings (SSSR count). The summed E-state index contributed by atoms with van der Waals surface area (Å²) in [6, 6.07) is 3.93. The largest absolute Gasteiger partial charge is 0.382 e. The zero-order valence-corrected chi connectivity index (χ0v) is 12.5. The first kappa shape index (κ1) is 13.6. The second-order valence-corrected chi connectivity index (χ2v) is 5.55. The lowest BCUT2D eigenvalue weighted by Gasteiger charge is -1.98.